The molecule has 0 amide bonds. The van der Waals surface area contributed by atoms with Crippen molar-refractivity contribution in [2.24, 2.45) is 0 Å². The highest BCUT2D eigenvalue weighted by Gasteiger charge is 2.09. The van der Waals surface area contributed by atoms with Gasteiger partial charge < -0.3 is 5.32 Å². The van der Waals surface area contributed by atoms with E-state index in [1.54, 1.807) is 11.3 Å². The van der Waals surface area contributed by atoms with Gasteiger partial charge in [-0.05, 0) is 29.3 Å². The van der Waals surface area contributed by atoms with E-state index in [0.717, 1.165) is 16.4 Å². The Morgan fingerprint density at radius 1 is 0.875 bits per heavy atom. The maximum Gasteiger partial charge on any atom is 0.183 e. The van der Waals surface area contributed by atoms with Crippen LogP contribution in [0.5, 0.6) is 0 Å². The van der Waals surface area contributed by atoms with E-state index in [0.29, 0.717) is 0 Å². The van der Waals surface area contributed by atoms with Gasteiger partial charge in [0.15, 0.2) is 5.13 Å². The molecular formula is C21H18N2S. The molecule has 0 radical (unpaired) electrons. The maximum atomic E-state index is 4.76. The van der Waals surface area contributed by atoms with Crippen molar-refractivity contribution in [1.29, 1.82) is 0 Å². The number of aromatic nitrogens is 1. The van der Waals surface area contributed by atoms with E-state index < -0.39 is 0 Å². The number of nitrogens with zero attached hydrogens (tertiary/aromatic N) is 1. The van der Waals surface area contributed by atoms with E-state index in [9.17, 15) is 0 Å². The molecule has 1 atom stereocenters. The summed E-state index contributed by atoms with van der Waals surface area (Å²) in [6.07, 6.45) is 0. The van der Waals surface area contributed by atoms with Crippen molar-refractivity contribution < 1.29 is 0 Å². The third-order valence-electron chi connectivity index (χ3n) is 4.19. The van der Waals surface area contributed by atoms with Crippen LogP contribution >= 0.6 is 11.3 Å². The molecular weight excluding hydrogens is 312 g/mol. The number of anilines is 1. The molecule has 0 saturated heterocycles. The highest BCUT2D eigenvalue weighted by molar-refractivity contribution is 7.14. The second kappa shape index (κ2) is 6.46. The second-order valence-electron chi connectivity index (χ2n) is 5.88. The fourth-order valence-electron chi connectivity index (χ4n) is 2.83. The van der Waals surface area contributed by atoms with Gasteiger partial charge in [0.2, 0.25) is 0 Å². The third kappa shape index (κ3) is 3.03. The zero-order valence-corrected chi connectivity index (χ0v) is 14.3. The fourth-order valence-corrected chi connectivity index (χ4v) is 3.64. The SMILES string of the molecule is CC(Nc1nc(-c2ccc3ccccc3c2)cs1)c1ccccc1. The first kappa shape index (κ1) is 14.9. The van der Waals surface area contributed by atoms with Gasteiger partial charge in [0.25, 0.3) is 0 Å². The fraction of sp³-hybridized carbons (Fsp3) is 0.0952. The molecule has 1 heterocycles. The third-order valence-corrected chi connectivity index (χ3v) is 4.96. The van der Waals surface area contributed by atoms with Crippen LogP contribution in [-0.4, -0.2) is 4.98 Å². The second-order valence-corrected chi connectivity index (χ2v) is 6.73. The molecule has 2 nitrogen and oxygen atoms in total. The lowest BCUT2D eigenvalue weighted by Crippen LogP contribution is -2.05. The number of fused-ring (bicyclic) bond motifs is 1. The molecule has 1 aromatic heterocycles. The Kier molecular flexibility index (Phi) is 4.01. The standard InChI is InChI=1S/C21H18N2S/c1-15(16-7-3-2-4-8-16)22-21-23-20(14-24-21)19-12-11-17-9-5-6-10-18(17)13-19/h2-15H,1H3,(H,22,23). The largest absolute Gasteiger partial charge is 0.355 e. The Morgan fingerprint density at radius 3 is 2.46 bits per heavy atom. The quantitative estimate of drug-likeness (QED) is 0.486. The van der Waals surface area contributed by atoms with Gasteiger partial charge in [-0.2, -0.15) is 0 Å². The van der Waals surface area contributed by atoms with Gasteiger partial charge in [-0.25, -0.2) is 4.98 Å². The predicted molar refractivity (Wildman–Crippen MR) is 104 cm³/mol. The molecule has 0 spiro atoms. The molecule has 0 aliphatic carbocycles. The lowest BCUT2D eigenvalue weighted by Gasteiger charge is -2.12. The van der Waals surface area contributed by atoms with Gasteiger partial charge in [-0.15, -0.1) is 11.3 Å². The minimum Gasteiger partial charge on any atom is -0.355 e. The predicted octanol–water partition coefficient (Wildman–Crippen LogP) is 6.14. The van der Waals surface area contributed by atoms with Gasteiger partial charge in [0, 0.05) is 10.9 Å². The number of benzene rings is 3. The molecule has 0 saturated carbocycles. The number of thiazole rings is 1. The van der Waals surface area contributed by atoms with Crippen molar-refractivity contribution in [2.75, 3.05) is 5.32 Å². The van der Waals surface area contributed by atoms with Gasteiger partial charge >= 0.3 is 0 Å². The topological polar surface area (TPSA) is 24.9 Å². The summed E-state index contributed by atoms with van der Waals surface area (Å²) in [6, 6.07) is 25.6. The molecule has 1 unspecified atom stereocenters. The van der Waals surface area contributed by atoms with Crippen molar-refractivity contribution in [2.45, 2.75) is 13.0 Å². The van der Waals surface area contributed by atoms with E-state index >= 15 is 0 Å². The minimum absolute atomic E-state index is 0.238. The van der Waals surface area contributed by atoms with Gasteiger partial charge in [-0.3, -0.25) is 0 Å². The molecule has 0 aliphatic heterocycles. The molecule has 24 heavy (non-hydrogen) atoms. The summed E-state index contributed by atoms with van der Waals surface area (Å²) < 4.78 is 0. The van der Waals surface area contributed by atoms with Crippen molar-refractivity contribution in [3.63, 3.8) is 0 Å². The lowest BCUT2D eigenvalue weighted by atomic mass is 10.1. The summed E-state index contributed by atoms with van der Waals surface area (Å²) in [6.45, 7) is 2.16. The summed E-state index contributed by atoms with van der Waals surface area (Å²) in [4.78, 5) is 4.76. The molecule has 3 heteroatoms. The number of rotatable bonds is 4. The summed E-state index contributed by atoms with van der Waals surface area (Å²) >= 11 is 1.65. The van der Waals surface area contributed by atoms with Crippen LogP contribution < -0.4 is 5.32 Å². The van der Waals surface area contributed by atoms with Crippen LogP contribution in [-0.2, 0) is 0 Å². The molecule has 4 rings (SSSR count). The van der Waals surface area contributed by atoms with Gasteiger partial charge in [-0.1, -0.05) is 66.7 Å². The van der Waals surface area contributed by atoms with Crippen molar-refractivity contribution in [3.8, 4) is 11.3 Å². The van der Waals surface area contributed by atoms with Crippen LogP contribution in [0.2, 0.25) is 0 Å². The van der Waals surface area contributed by atoms with Crippen molar-refractivity contribution in [3.05, 3.63) is 83.7 Å². The summed E-state index contributed by atoms with van der Waals surface area (Å²) in [5.41, 5.74) is 3.44. The Bertz CT molecular complexity index is 960. The Labute approximate surface area is 145 Å². The monoisotopic (exact) mass is 330 g/mol. The van der Waals surface area contributed by atoms with Crippen LogP contribution in [0.25, 0.3) is 22.0 Å². The average molecular weight is 330 g/mol. The molecule has 0 bridgehead atoms. The van der Waals surface area contributed by atoms with Crippen LogP contribution in [0.15, 0.2) is 78.2 Å². The van der Waals surface area contributed by atoms with E-state index in [2.05, 4.69) is 84.4 Å². The van der Waals surface area contributed by atoms with Gasteiger partial charge in [0.1, 0.15) is 0 Å². The molecule has 118 valence electrons. The average Bonchev–Trinajstić information content (AvgIpc) is 3.10. The smallest absolute Gasteiger partial charge is 0.183 e. The van der Waals surface area contributed by atoms with E-state index in [1.165, 1.54) is 16.3 Å². The van der Waals surface area contributed by atoms with Crippen LogP contribution in [0.1, 0.15) is 18.5 Å². The molecule has 3 aromatic carbocycles. The van der Waals surface area contributed by atoms with E-state index in [1.807, 2.05) is 6.07 Å². The molecule has 1 N–H and O–H groups in total. The Hall–Kier alpha value is -2.65. The Morgan fingerprint density at radius 2 is 1.62 bits per heavy atom. The van der Waals surface area contributed by atoms with Crippen molar-refractivity contribution in [1.82, 2.24) is 4.98 Å². The van der Waals surface area contributed by atoms with Crippen LogP contribution in [0.3, 0.4) is 0 Å². The first-order chi connectivity index (χ1) is 11.8. The van der Waals surface area contributed by atoms with E-state index in [-0.39, 0.29) is 6.04 Å². The Balaban J connectivity index is 1.57. The summed E-state index contributed by atoms with van der Waals surface area (Å²) in [5, 5.41) is 9.06. The number of hydrogen-bond acceptors (Lipinski definition) is 3. The highest BCUT2D eigenvalue weighted by Crippen LogP contribution is 2.29. The molecule has 4 aromatic rings. The first-order valence-electron chi connectivity index (χ1n) is 8.06. The van der Waals surface area contributed by atoms with E-state index in [4.69, 9.17) is 4.98 Å². The maximum absolute atomic E-state index is 4.76. The van der Waals surface area contributed by atoms with Crippen LogP contribution in [0, 0.1) is 0 Å². The normalized spacial score (nSPS) is 12.2. The number of nitrogens with one attached hydrogen (secondary N) is 1. The zero-order valence-electron chi connectivity index (χ0n) is 13.4. The van der Waals surface area contributed by atoms with Crippen molar-refractivity contribution >= 4 is 27.2 Å². The first-order valence-corrected chi connectivity index (χ1v) is 8.94. The summed E-state index contributed by atoms with van der Waals surface area (Å²) in [7, 11) is 0. The lowest BCUT2D eigenvalue weighted by molar-refractivity contribution is 0.882. The highest BCUT2D eigenvalue weighted by atomic mass is 32.1. The zero-order chi connectivity index (χ0) is 16.4. The minimum atomic E-state index is 0.238. The van der Waals surface area contributed by atoms with Crippen LogP contribution in [0.4, 0.5) is 5.13 Å². The summed E-state index contributed by atoms with van der Waals surface area (Å²) in [5.74, 6) is 0. The molecule has 0 aliphatic rings. The molecule has 0 fully saturated rings. The number of hydrogen-bond donors (Lipinski definition) is 1. The van der Waals surface area contributed by atoms with Gasteiger partial charge in [0.05, 0.1) is 11.7 Å².